The molecule has 162 valence electrons. The Kier molecular flexibility index (Phi) is 5.56. The third-order valence-electron chi connectivity index (χ3n) is 5.74. The van der Waals surface area contributed by atoms with Crippen LogP contribution < -0.4 is 9.64 Å². The highest BCUT2D eigenvalue weighted by Crippen LogP contribution is 2.41. The Bertz CT molecular complexity index is 1140. The normalized spacial score (nSPS) is 16.1. The van der Waals surface area contributed by atoms with E-state index in [0.717, 1.165) is 54.0 Å². The van der Waals surface area contributed by atoms with Crippen LogP contribution in [0.15, 0.2) is 41.8 Å². The fourth-order valence-electron chi connectivity index (χ4n) is 4.07. The van der Waals surface area contributed by atoms with Gasteiger partial charge in [0.1, 0.15) is 5.75 Å². The smallest absolute Gasteiger partial charge is 0.230 e. The number of aromatic hydroxyl groups is 1. The molecule has 0 bridgehead atoms. The van der Waals surface area contributed by atoms with Crippen LogP contribution in [0, 0.1) is 0 Å². The average Bonchev–Trinajstić information content (AvgIpc) is 3.54. The molecule has 1 aliphatic rings. The number of aromatic nitrogens is 3. The summed E-state index contributed by atoms with van der Waals surface area (Å²) in [5.74, 6) is 1.84. The average molecular weight is 456 g/mol. The molecule has 3 aromatic heterocycles. The van der Waals surface area contributed by atoms with E-state index in [-0.39, 0.29) is 11.9 Å². The second kappa shape index (κ2) is 8.49. The molecule has 0 radical (unpaired) electrons. The van der Waals surface area contributed by atoms with Crippen molar-refractivity contribution in [3.63, 3.8) is 0 Å². The second-order valence-corrected chi connectivity index (χ2v) is 9.49. The van der Waals surface area contributed by atoms with Gasteiger partial charge in [-0.25, -0.2) is 4.98 Å². The first kappa shape index (κ1) is 20.3. The van der Waals surface area contributed by atoms with Crippen LogP contribution in [-0.2, 0) is 6.42 Å². The second-order valence-electron chi connectivity index (χ2n) is 7.50. The van der Waals surface area contributed by atoms with Crippen LogP contribution in [0.2, 0.25) is 0 Å². The molecule has 0 amide bonds. The molecule has 5 rings (SSSR count). The summed E-state index contributed by atoms with van der Waals surface area (Å²) < 4.78 is 6.87. The molecule has 1 aromatic carbocycles. The van der Waals surface area contributed by atoms with E-state index in [2.05, 4.69) is 49.5 Å². The Morgan fingerprint density at radius 2 is 1.90 bits per heavy atom. The predicted octanol–water partition coefficient (Wildman–Crippen LogP) is 4.04. The Labute approximate surface area is 189 Å². The maximum Gasteiger partial charge on any atom is 0.230 e. The van der Waals surface area contributed by atoms with Crippen LogP contribution in [-0.4, -0.2) is 57.9 Å². The van der Waals surface area contributed by atoms with E-state index < -0.39 is 0 Å². The lowest BCUT2D eigenvalue weighted by atomic mass is 10.1. The predicted molar refractivity (Wildman–Crippen MR) is 125 cm³/mol. The number of thiophene rings is 1. The number of fused-ring (bicyclic) bond motifs is 1. The van der Waals surface area contributed by atoms with E-state index in [0.29, 0.717) is 0 Å². The lowest BCUT2D eigenvalue weighted by Crippen LogP contribution is -2.47. The fraction of sp³-hybridized carbons (Fsp3) is 0.364. The highest BCUT2D eigenvalue weighted by atomic mass is 32.1. The van der Waals surface area contributed by atoms with Crippen molar-refractivity contribution in [3.05, 3.63) is 57.4 Å². The zero-order valence-corrected chi connectivity index (χ0v) is 19.2. The van der Waals surface area contributed by atoms with Gasteiger partial charge in [-0.15, -0.1) is 16.4 Å². The van der Waals surface area contributed by atoms with Gasteiger partial charge in [-0.05, 0) is 35.7 Å². The number of hydrogen-bond acceptors (Lipinski definition) is 8. The van der Waals surface area contributed by atoms with Crippen molar-refractivity contribution in [3.8, 4) is 11.6 Å². The number of piperazine rings is 1. The number of thiazole rings is 1. The lowest BCUT2D eigenvalue weighted by molar-refractivity contribution is 0.213. The van der Waals surface area contributed by atoms with Gasteiger partial charge in [-0.3, -0.25) is 4.90 Å². The summed E-state index contributed by atoms with van der Waals surface area (Å²) in [7, 11) is 1.69. The van der Waals surface area contributed by atoms with Crippen LogP contribution in [0.1, 0.15) is 28.5 Å². The van der Waals surface area contributed by atoms with Gasteiger partial charge in [0.05, 0.1) is 18.0 Å². The van der Waals surface area contributed by atoms with Gasteiger partial charge in [-0.2, -0.15) is 4.52 Å². The van der Waals surface area contributed by atoms with Gasteiger partial charge in [0, 0.05) is 43.2 Å². The van der Waals surface area contributed by atoms with Gasteiger partial charge in [0.2, 0.25) is 10.8 Å². The molecule has 1 atom stereocenters. The van der Waals surface area contributed by atoms with Crippen molar-refractivity contribution in [2.75, 3.05) is 38.2 Å². The van der Waals surface area contributed by atoms with Gasteiger partial charge in [0.25, 0.3) is 0 Å². The zero-order chi connectivity index (χ0) is 21.4. The maximum absolute atomic E-state index is 11.0. The van der Waals surface area contributed by atoms with Crippen molar-refractivity contribution in [1.82, 2.24) is 19.5 Å². The number of nitrogens with zero attached hydrogens (tertiary/aromatic N) is 5. The van der Waals surface area contributed by atoms with Crippen molar-refractivity contribution >= 4 is 33.3 Å². The largest absolute Gasteiger partial charge is 0.497 e. The van der Waals surface area contributed by atoms with E-state index in [1.54, 1.807) is 23.0 Å². The molecule has 4 aromatic rings. The highest BCUT2D eigenvalue weighted by Gasteiger charge is 2.32. The first-order valence-electron chi connectivity index (χ1n) is 10.4. The molecule has 1 unspecified atom stereocenters. The van der Waals surface area contributed by atoms with Crippen molar-refractivity contribution in [2.24, 2.45) is 0 Å². The summed E-state index contributed by atoms with van der Waals surface area (Å²) in [6.45, 7) is 5.68. The van der Waals surface area contributed by atoms with Gasteiger partial charge in [-0.1, -0.05) is 24.3 Å². The standard InChI is InChI=1S/C22H25N5O2S2/c1-3-18-23-22-27(24-18)21(28)20(31-22)19(17-5-4-14-30-17)26-12-10-25(11-13-26)15-6-8-16(29-2)9-7-15/h4-9,14,19,28H,3,10-13H2,1-2H3. The topological polar surface area (TPSA) is 66.1 Å². The quantitative estimate of drug-likeness (QED) is 0.473. The number of rotatable bonds is 6. The number of methoxy groups -OCH3 is 1. The van der Waals surface area contributed by atoms with Crippen LogP contribution in [0.5, 0.6) is 11.6 Å². The third kappa shape index (κ3) is 3.77. The van der Waals surface area contributed by atoms with Crippen LogP contribution in [0.3, 0.4) is 0 Å². The minimum Gasteiger partial charge on any atom is -0.497 e. The Hall–Kier alpha value is -2.62. The van der Waals surface area contributed by atoms with Crippen LogP contribution >= 0.6 is 22.7 Å². The minimum absolute atomic E-state index is 0.0107. The monoisotopic (exact) mass is 455 g/mol. The number of anilines is 1. The van der Waals surface area contributed by atoms with Crippen LogP contribution in [0.4, 0.5) is 5.69 Å². The molecule has 7 nitrogen and oxygen atoms in total. The molecule has 31 heavy (non-hydrogen) atoms. The van der Waals surface area contributed by atoms with E-state index in [1.165, 1.54) is 21.9 Å². The summed E-state index contributed by atoms with van der Waals surface area (Å²) in [6.07, 6.45) is 0.755. The summed E-state index contributed by atoms with van der Waals surface area (Å²) in [4.78, 5) is 12.3. The first-order chi connectivity index (χ1) is 15.2. The number of hydrogen-bond donors (Lipinski definition) is 1. The summed E-state index contributed by atoms with van der Waals surface area (Å²) in [5.41, 5.74) is 1.21. The van der Waals surface area contributed by atoms with Gasteiger partial charge < -0.3 is 14.7 Å². The minimum atomic E-state index is 0.0107. The Morgan fingerprint density at radius 3 is 2.52 bits per heavy atom. The SMILES string of the molecule is CCc1nc2sc(C(c3cccs3)N3CCN(c4ccc(OC)cc4)CC3)c(O)n2n1. The molecule has 4 heterocycles. The van der Waals surface area contributed by atoms with E-state index >= 15 is 0 Å². The Balaban J connectivity index is 1.40. The molecule has 0 aliphatic carbocycles. The van der Waals surface area contributed by atoms with Crippen LogP contribution in [0.25, 0.3) is 4.96 Å². The van der Waals surface area contributed by atoms with E-state index in [9.17, 15) is 5.11 Å². The summed E-state index contributed by atoms with van der Waals surface area (Å²) in [6, 6.07) is 12.5. The summed E-state index contributed by atoms with van der Waals surface area (Å²) >= 11 is 3.26. The maximum atomic E-state index is 11.0. The molecular weight excluding hydrogens is 430 g/mol. The molecular formula is C22H25N5O2S2. The number of ether oxygens (including phenoxy) is 1. The first-order valence-corrected chi connectivity index (χ1v) is 12.1. The van der Waals surface area contributed by atoms with Crippen molar-refractivity contribution in [1.29, 1.82) is 0 Å². The molecule has 1 fully saturated rings. The van der Waals surface area contributed by atoms with Crippen molar-refractivity contribution < 1.29 is 9.84 Å². The Morgan fingerprint density at radius 1 is 1.13 bits per heavy atom. The molecule has 1 saturated heterocycles. The van der Waals surface area contributed by atoms with E-state index in [4.69, 9.17) is 4.74 Å². The van der Waals surface area contributed by atoms with Gasteiger partial charge in [0.15, 0.2) is 5.82 Å². The molecule has 1 aliphatic heterocycles. The van der Waals surface area contributed by atoms with E-state index in [1.807, 2.05) is 19.1 Å². The zero-order valence-electron chi connectivity index (χ0n) is 17.6. The van der Waals surface area contributed by atoms with Crippen molar-refractivity contribution in [2.45, 2.75) is 19.4 Å². The fourth-order valence-corrected chi connectivity index (χ4v) is 6.14. The molecule has 0 spiro atoms. The van der Waals surface area contributed by atoms with Gasteiger partial charge >= 0.3 is 0 Å². The number of benzene rings is 1. The lowest BCUT2D eigenvalue weighted by Gasteiger charge is -2.39. The molecule has 1 N–H and O–H groups in total. The highest BCUT2D eigenvalue weighted by molar-refractivity contribution is 7.17. The molecule has 0 saturated carbocycles. The summed E-state index contributed by atoms with van der Waals surface area (Å²) in [5, 5.41) is 17.6. The molecule has 9 heteroatoms. The third-order valence-corrected chi connectivity index (χ3v) is 7.74. The number of aryl methyl sites for hydroxylation is 1.